The number of Topliss-reactive ketones (excluding diaryl/α,β-unsaturated/α-hetero) is 3. The van der Waals surface area contributed by atoms with Gasteiger partial charge in [-0.3, -0.25) is 14.4 Å². The normalized spacial score (nSPS) is 31.0. The van der Waals surface area contributed by atoms with E-state index in [9.17, 15) is 15.0 Å². The largest absolute Gasteiger partial charge is 0.504 e. The molecule has 1 heterocycles. The molecule has 1 aliphatic heterocycles. The number of hydrogen-bond donors (Lipinski definition) is 2. The summed E-state index contributed by atoms with van der Waals surface area (Å²) in [5.74, 6) is -1.93. The molecule has 1 saturated carbocycles. The Morgan fingerprint density at radius 2 is 1.26 bits per heavy atom. The van der Waals surface area contributed by atoms with Crippen LogP contribution in [0, 0.1) is 27.1 Å². The van der Waals surface area contributed by atoms with Crippen molar-refractivity contribution in [2.45, 2.75) is 121 Å². The fraction of sp³-hybridized carbons (Fsp3) is 0.575. The average Bonchev–Trinajstić information content (AvgIpc) is 2.93. The standard InChI is InChI=1S/C40H54O6/c1-24(2)15-18-37(11)22-39-23-38(12,19-16-25(3)4)36(9,10)46-33(39)30(31(43)27-13-14-28(41)29(42)21-27)32(44)40(34(39)45,35(37,7)8)20-17-26(5)6/h13-17,21,41-42H,18-20,22-23H2,1-12H3. The molecule has 4 atom stereocenters. The molecule has 4 rings (SSSR count). The van der Waals surface area contributed by atoms with Crippen molar-refractivity contribution in [2.24, 2.45) is 27.1 Å². The van der Waals surface area contributed by atoms with E-state index in [-0.39, 0.29) is 34.8 Å². The summed E-state index contributed by atoms with van der Waals surface area (Å²) < 4.78 is 6.96. The van der Waals surface area contributed by atoms with Crippen LogP contribution in [0.25, 0.3) is 0 Å². The first-order valence-electron chi connectivity index (χ1n) is 16.5. The second-order valence-corrected chi connectivity index (χ2v) is 16.6. The second-order valence-electron chi connectivity index (χ2n) is 16.6. The highest BCUT2D eigenvalue weighted by Gasteiger charge is 2.78. The molecule has 2 N–H and O–H groups in total. The Morgan fingerprint density at radius 1 is 0.761 bits per heavy atom. The van der Waals surface area contributed by atoms with Gasteiger partial charge in [-0.25, -0.2) is 0 Å². The van der Waals surface area contributed by atoms with Crippen molar-refractivity contribution in [2.75, 3.05) is 0 Å². The van der Waals surface area contributed by atoms with Crippen LogP contribution in [0.1, 0.15) is 126 Å². The summed E-state index contributed by atoms with van der Waals surface area (Å²) in [6.07, 6.45) is 8.71. The van der Waals surface area contributed by atoms with Crippen LogP contribution in [-0.4, -0.2) is 33.2 Å². The van der Waals surface area contributed by atoms with Crippen molar-refractivity contribution in [1.82, 2.24) is 0 Å². The van der Waals surface area contributed by atoms with Crippen molar-refractivity contribution in [3.63, 3.8) is 0 Å². The zero-order chi connectivity index (χ0) is 34.8. The lowest BCUT2D eigenvalue weighted by molar-refractivity contribution is -0.213. The molecule has 1 spiro atoms. The second kappa shape index (κ2) is 11.4. The predicted molar refractivity (Wildman–Crippen MR) is 183 cm³/mol. The number of rotatable bonds is 8. The minimum absolute atomic E-state index is 0.0514. The summed E-state index contributed by atoms with van der Waals surface area (Å²) in [5, 5.41) is 20.4. The molecular weight excluding hydrogens is 576 g/mol. The first-order chi connectivity index (χ1) is 21.0. The van der Waals surface area contributed by atoms with Crippen LogP contribution in [0.4, 0.5) is 0 Å². The van der Waals surface area contributed by atoms with Crippen LogP contribution >= 0.6 is 0 Å². The van der Waals surface area contributed by atoms with Crippen LogP contribution < -0.4 is 0 Å². The van der Waals surface area contributed by atoms with Crippen molar-refractivity contribution >= 4 is 17.3 Å². The molecule has 2 fully saturated rings. The first kappa shape index (κ1) is 35.4. The van der Waals surface area contributed by atoms with E-state index in [0.29, 0.717) is 25.7 Å². The fourth-order valence-corrected chi connectivity index (χ4v) is 8.25. The van der Waals surface area contributed by atoms with Gasteiger partial charge in [0, 0.05) is 11.0 Å². The van der Waals surface area contributed by atoms with Gasteiger partial charge in [0.15, 0.2) is 28.8 Å². The summed E-state index contributed by atoms with van der Waals surface area (Å²) in [6, 6.07) is 3.82. The molecule has 6 nitrogen and oxygen atoms in total. The summed E-state index contributed by atoms with van der Waals surface area (Å²) in [7, 11) is 0. The molecule has 3 aliphatic rings. The number of ketones is 3. The number of phenols is 2. The minimum Gasteiger partial charge on any atom is -0.504 e. The van der Waals surface area contributed by atoms with Crippen LogP contribution in [0.3, 0.4) is 0 Å². The number of aromatic hydroxyl groups is 2. The highest BCUT2D eigenvalue weighted by molar-refractivity contribution is 6.35. The number of ether oxygens (including phenoxy) is 1. The lowest BCUT2D eigenvalue weighted by Gasteiger charge is -2.68. The number of phenolic OH excluding ortho intramolecular Hbond substituents is 2. The number of fused-ring (bicyclic) bond motifs is 1. The molecular formula is C40H54O6. The topological polar surface area (TPSA) is 101 Å². The SMILES string of the molecule is CC(C)=CCC1(C)CC23CC(C)(CC=C(C)C)C(C)(C)C(CC=C(C)C)(C(=O)C(C(=O)c4ccc(O)c(O)c4)=C2OC1(C)C)C3=O. The van der Waals surface area contributed by atoms with Gasteiger partial charge in [0.05, 0.1) is 5.41 Å². The predicted octanol–water partition coefficient (Wildman–Crippen LogP) is 9.37. The first-order valence-corrected chi connectivity index (χ1v) is 16.5. The fourth-order valence-electron chi connectivity index (χ4n) is 8.25. The maximum absolute atomic E-state index is 15.6. The van der Waals surface area contributed by atoms with Gasteiger partial charge in [-0.1, -0.05) is 62.6 Å². The monoisotopic (exact) mass is 630 g/mol. The van der Waals surface area contributed by atoms with Crippen LogP contribution in [-0.2, 0) is 14.3 Å². The van der Waals surface area contributed by atoms with Crippen molar-refractivity contribution < 1.29 is 29.3 Å². The number of hydrogen-bond acceptors (Lipinski definition) is 6. The van der Waals surface area contributed by atoms with E-state index in [4.69, 9.17) is 4.74 Å². The summed E-state index contributed by atoms with van der Waals surface area (Å²) in [4.78, 5) is 45.6. The van der Waals surface area contributed by atoms with E-state index < -0.39 is 50.0 Å². The van der Waals surface area contributed by atoms with Crippen LogP contribution in [0.5, 0.6) is 11.5 Å². The molecule has 0 amide bonds. The Labute approximate surface area is 275 Å². The lowest BCUT2D eigenvalue weighted by Crippen LogP contribution is -2.72. The van der Waals surface area contributed by atoms with Crippen LogP contribution in [0.15, 0.2) is 64.5 Å². The van der Waals surface area contributed by atoms with Gasteiger partial charge in [-0.15, -0.1) is 0 Å². The Kier molecular flexibility index (Phi) is 8.77. The van der Waals surface area contributed by atoms with Gasteiger partial charge >= 0.3 is 0 Å². The van der Waals surface area contributed by atoms with E-state index in [2.05, 4.69) is 53.7 Å². The van der Waals surface area contributed by atoms with E-state index in [0.717, 1.165) is 11.1 Å². The van der Waals surface area contributed by atoms with Gasteiger partial charge in [0.2, 0.25) is 0 Å². The highest BCUT2D eigenvalue weighted by atomic mass is 16.5. The van der Waals surface area contributed by atoms with Gasteiger partial charge in [-0.2, -0.15) is 0 Å². The van der Waals surface area contributed by atoms with Crippen molar-refractivity contribution in [3.05, 3.63) is 70.0 Å². The molecule has 250 valence electrons. The highest BCUT2D eigenvalue weighted by Crippen LogP contribution is 2.74. The van der Waals surface area contributed by atoms with E-state index in [1.165, 1.54) is 23.8 Å². The van der Waals surface area contributed by atoms with E-state index >= 15 is 9.59 Å². The Hall–Kier alpha value is -3.41. The third kappa shape index (κ3) is 5.11. The molecule has 1 aromatic rings. The number of allylic oxidation sites excluding steroid dienone is 8. The average molecular weight is 631 g/mol. The van der Waals surface area contributed by atoms with Crippen molar-refractivity contribution in [1.29, 1.82) is 0 Å². The Bertz CT molecular complexity index is 1600. The minimum atomic E-state index is -1.54. The molecule has 46 heavy (non-hydrogen) atoms. The molecule has 0 aromatic heterocycles. The molecule has 2 aliphatic carbocycles. The Morgan fingerprint density at radius 3 is 1.78 bits per heavy atom. The lowest BCUT2D eigenvalue weighted by atomic mass is 9.34. The smallest absolute Gasteiger partial charge is 0.200 e. The third-order valence-electron chi connectivity index (χ3n) is 12.1. The number of carbonyl (C=O) groups excluding carboxylic acids is 3. The molecule has 4 unspecified atom stereocenters. The van der Waals surface area contributed by atoms with Gasteiger partial charge in [0.1, 0.15) is 22.3 Å². The van der Waals surface area contributed by atoms with Crippen LogP contribution in [0.2, 0.25) is 0 Å². The summed E-state index contributed by atoms with van der Waals surface area (Å²) >= 11 is 0. The third-order valence-corrected chi connectivity index (χ3v) is 12.1. The zero-order valence-electron chi connectivity index (χ0n) is 30.0. The van der Waals surface area contributed by atoms with Crippen molar-refractivity contribution in [3.8, 4) is 11.5 Å². The molecule has 2 bridgehead atoms. The molecule has 1 saturated heterocycles. The van der Waals surface area contributed by atoms with Gasteiger partial charge in [0.25, 0.3) is 0 Å². The molecule has 0 radical (unpaired) electrons. The zero-order valence-corrected chi connectivity index (χ0v) is 30.0. The maximum atomic E-state index is 15.6. The van der Waals surface area contributed by atoms with E-state index in [1.54, 1.807) is 0 Å². The number of benzene rings is 1. The quantitative estimate of drug-likeness (QED) is 0.0976. The maximum Gasteiger partial charge on any atom is 0.200 e. The number of carbonyl (C=O) groups is 3. The summed E-state index contributed by atoms with van der Waals surface area (Å²) in [6.45, 7) is 24.5. The molecule has 1 aromatic carbocycles. The molecule has 6 heteroatoms. The van der Waals surface area contributed by atoms with E-state index in [1.807, 2.05) is 47.6 Å². The Balaban J connectivity index is 2.18. The summed E-state index contributed by atoms with van der Waals surface area (Å²) in [5.41, 5.74) is -2.21. The van der Waals surface area contributed by atoms with Gasteiger partial charge in [-0.05, 0) is 117 Å². The van der Waals surface area contributed by atoms with Gasteiger partial charge < -0.3 is 14.9 Å².